The van der Waals surface area contributed by atoms with Crippen molar-refractivity contribution in [2.24, 2.45) is 0 Å². The van der Waals surface area contributed by atoms with Gasteiger partial charge in [0, 0.05) is 0 Å². The third-order valence-electron chi connectivity index (χ3n) is 0.425. The van der Waals surface area contributed by atoms with Gasteiger partial charge >= 0.3 is 41.5 Å². The predicted molar refractivity (Wildman–Crippen MR) is 33.7 cm³/mol. The Bertz CT molecular complexity index is 61.7. The maximum atomic E-state index is 2.26. The topological polar surface area (TPSA) is 0 Å². The minimum atomic E-state index is 0.243. The van der Waals surface area contributed by atoms with Gasteiger partial charge in [0.05, 0.1) is 0 Å². The Balaban J connectivity index is 2.61. The zero-order valence-electron chi connectivity index (χ0n) is 2.72. The number of allylic oxidation sites excluding steroid dienone is 2. The normalized spacial score (nSPS) is 19.2. The van der Waals surface area contributed by atoms with E-state index in [2.05, 4.69) is 20.3 Å². The predicted octanol–water partition coefficient (Wildman–Crippen LogP) is 1.73. The summed E-state index contributed by atoms with van der Waals surface area (Å²) >= 11 is 0.243. The second-order valence-corrected chi connectivity index (χ2v) is 3.12. The second kappa shape index (κ2) is 1.60. The summed E-state index contributed by atoms with van der Waals surface area (Å²) in [5, 5.41) is 0. The standard InChI is InChI=1S/C4H5I/c1-2-4-5-3-1/h1-5H. The monoisotopic (exact) mass is 180 g/mol. The van der Waals surface area contributed by atoms with E-state index in [0.29, 0.717) is 0 Å². The average Bonchev–Trinajstić information content (AvgIpc) is 1.76. The van der Waals surface area contributed by atoms with E-state index in [0.717, 1.165) is 0 Å². The van der Waals surface area contributed by atoms with E-state index in [1.807, 2.05) is 0 Å². The van der Waals surface area contributed by atoms with Crippen LogP contribution in [-0.2, 0) is 0 Å². The molecular weight excluding hydrogens is 175 g/mol. The molecule has 0 aromatic carbocycles. The maximum absolute atomic E-state index is 2.26. The molecule has 0 nitrogen and oxygen atoms in total. The summed E-state index contributed by atoms with van der Waals surface area (Å²) in [6, 6.07) is 0. The zero-order valence-corrected chi connectivity index (χ0v) is 5.05. The molecule has 0 unspecified atom stereocenters. The molecule has 0 saturated heterocycles. The Hall–Kier alpha value is 0.210. The third-order valence-corrected chi connectivity index (χ3v) is 2.22. The van der Waals surface area contributed by atoms with E-state index in [1.165, 1.54) is 0 Å². The average molecular weight is 180 g/mol. The number of hydrogen-bond acceptors (Lipinski definition) is 0. The van der Waals surface area contributed by atoms with Gasteiger partial charge in [0.25, 0.3) is 0 Å². The number of rotatable bonds is 0. The first-order valence-electron chi connectivity index (χ1n) is 1.47. The SMILES string of the molecule is C1=C[IH]C=C1. The molecule has 0 amide bonds. The van der Waals surface area contributed by atoms with Crippen LogP contribution in [0.2, 0.25) is 0 Å². The first-order chi connectivity index (χ1) is 2.50. The van der Waals surface area contributed by atoms with Crippen LogP contribution < -0.4 is 0 Å². The molecule has 0 aromatic heterocycles. The molecule has 0 atom stereocenters. The molecular formula is C4H5I. The van der Waals surface area contributed by atoms with E-state index in [9.17, 15) is 0 Å². The van der Waals surface area contributed by atoms with Crippen molar-refractivity contribution in [1.82, 2.24) is 0 Å². The first-order valence-corrected chi connectivity index (χ1v) is 4.16. The Kier molecular flexibility index (Phi) is 1.09. The summed E-state index contributed by atoms with van der Waals surface area (Å²) in [7, 11) is 0. The van der Waals surface area contributed by atoms with Gasteiger partial charge in [-0.3, -0.25) is 0 Å². The Morgan fingerprint density at radius 3 is 1.80 bits per heavy atom. The fraction of sp³-hybridized carbons (Fsp3) is 0. The van der Waals surface area contributed by atoms with Crippen LogP contribution in [0.1, 0.15) is 0 Å². The van der Waals surface area contributed by atoms with Crippen LogP contribution in [0.5, 0.6) is 0 Å². The van der Waals surface area contributed by atoms with Crippen molar-refractivity contribution in [3.8, 4) is 0 Å². The Morgan fingerprint density at radius 2 is 1.60 bits per heavy atom. The molecule has 0 spiro atoms. The molecule has 28 valence electrons. The summed E-state index contributed by atoms with van der Waals surface area (Å²) in [4.78, 5) is 0. The molecule has 0 N–H and O–H groups in total. The van der Waals surface area contributed by atoms with Crippen LogP contribution in [0.4, 0.5) is 0 Å². The molecule has 1 rings (SSSR count). The van der Waals surface area contributed by atoms with Crippen LogP contribution in [-0.4, -0.2) is 0 Å². The van der Waals surface area contributed by atoms with E-state index in [4.69, 9.17) is 0 Å². The van der Waals surface area contributed by atoms with E-state index in [-0.39, 0.29) is 21.2 Å². The summed E-state index contributed by atoms with van der Waals surface area (Å²) in [5.41, 5.74) is 0. The van der Waals surface area contributed by atoms with Gasteiger partial charge in [0.1, 0.15) is 0 Å². The van der Waals surface area contributed by atoms with Crippen molar-refractivity contribution in [3.63, 3.8) is 0 Å². The van der Waals surface area contributed by atoms with Crippen LogP contribution in [0, 0.1) is 0 Å². The molecule has 0 fully saturated rings. The van der Waals surface area contributed by atoms with Crippen LogP contribution >= 0.6 is 21.2 Å². The molecule has 0 aromatic rings. The molecule has 0 aliphatic carbocycles. The van der Waals surface area contributed by atoms with Crippen LogP contribution in [0.25, 0.3) is 0 Å². The van der Waals surface area contributed by atoms with Gasteiger partial charge in [0.2, 0.25) is 0 Å². The molecule has 0 saturated carbocycles. The third kappa shape index (κ3) is 0.758. The van der Waals surface area contributed by atoms with Crippen molar-refractivity contribution in [2.45, 2.75) is 0 Å². The fourth-order valence-electron chi connectivity index (χ4n) is 0.227. The summed E-state index contributed by atoms with van der Waals surface area (Å²) < 4.78 is 4.51. The quantitative estimate of drug-likeness (QED) is 0.498. The molecule has 1 heteroatoms. The van der Waals surface area contributed by atoms with Crippen molar-refractivity contribution in [1.29, 1.82) is 0 Å². The molecule has 1 aliphatic rings. The summed E-state index contributed by atoms with van der Waals surface area (Å²) in [6.45, 7) is 0. The molecule has 1 aliphatic heterocycles. The molecule has 5 heavy (non-hydrogen) atoms. The molecule has 1 heterocycles. The molecule has 0 radical (unpaired) electrons. The van der Waals surface area contributed by atoms with Crippen LogP contribution in [0.3, 0.4) is 0 Å². The van der Waals surface area contributed by atoms with Crippen molar-refractivity contribution < 1.29 is 0 Å². The van der Waals surface area contributed by atoms with E-state index < -0.39 is 0 Å². The van der Waals surface area contributed by atoms with Gasteiger partial charge in [-0.05, 0) is 0 Å². The molecule has 0 bridgehead atoms. The van der Waals surface area contributed by atoms with Gasteiger partial charge in [0.15, 0.2) is 0 Å². The van der Waals surface area contributed by atoms with Gasteiger partial charge in [-0.25, -0.2) is 0 Å². The fourth-order valence-corrected chi connectivity index (χ4v) is 1.52. The van der Waals surface area contributed by atoms with Crippen molar-refractivity contribution in [2.75, 3.05) is 0 Å². The zero-order chi connectivity index (χ0) is 3.54. The van der Waals surface area contributed by atoms with Crippen molar-refractivity contribution in [3.05, 3.63) is 20.3 Å². The van der Waals surface area contributed by atoms with Gasteiger partial charge in [-0.15, -0.1) is 0 Å². The number of hydrogen-bond donors (Lipinski definition) is 0. The number of halogens is 1. The Morgan fingerprint density at radius 1 is 1.00 bits per heavy atom. The first kappa shape index (κ1) is 3.40. The van der Waals surface area contributed by atoms with Gasteiger partial charge < -0.3 is 0 Å². The van der Waals surface area contributed by atoms with Gasteiger partial charge in [-0.2, -0.15) is 0 Å². The minimum absolute atomic E-state index is 0.243. The van der Waals surface area contributed by atoms with Crippen LogP contribution in [0.15, 0.2) is 20.3 Å². The van der Waals surface area contributed by atoms with E-state index in [1.54, 1.807) is 0 Å². The van der Waals surface area contributed by atoms with Crippen molar-refractivity contribution >= 4 is 21.2 Å². The second-order valence-electron chi connectivity index (χ2n) is 0.793. The van der Waals surface area contributed by atoms with E-state index >= 15 is 0 Å². The summed E-state index contributed by atoms with van der Waals surface area (Å²) in [5.74, 6) is 0. The van der Waals surface area contributed by atoms with Gasteiger partial charge in [-0.1, -0.05) is 0 Å². The Labute approximate surface area is 41.8 Å². The summed E-state index contributed by atoms with van der Waals surface area (Å²) in [6.07, 6.45) is 4.23.